The van der Waals surface area contributed by atoms with E-state index in [0.29, 0.717) is 5.02 Å². The SMILES string of the molecule is O=C(NC(=S)NCc1ccc(Cl)cc1)c1cnccc1C(F)(F)F. The Hall–Kier alpha value is -2.19. The summed E-state index contributed by atoms with van der Waals surface area (Å²) < 4.78 is 38.6. The number of benzene rings is 1. The van der Waals surface area contributed by atoms with Crippen molar-refractivity contribution in [2.24, 2.45) is 0 Å². The first-order valence-corrected chi connectivity index (χ1v) is 7.41. The van der Waals surface area contributed by atoms with Gasteiger partial charge in [-0.2, -0.15) is 13.2 Å². The summed E-state index contributed by atoms with van der Waals surface area (Å²) in [6.07, 6.45) is -2.84. The minimum Gasteiger partial charge on any atom is -0.358 e. The number of aromatic nitrogens is 1. The zero-order valence-corrected chi connectivity index (χ0v) is 13.6. The van der Waals surface area contributed by atoms with Crippen molar-refractivity contribution >= 4 is 34.8 Å². The molecule has 0 fully saturated rings. The third-order valence-electron chi connectivity index (χ3n) is 2.96. The van der Waals surface area contributed by atoms with Gasteiger partial charge in [0.05, 0.1) is 11.1 Å². The van der Waals surface area contributed by atoms with Crippen LogP contribution >= 0.6 is 23.8 Å². The van der Waals surface area contributed by atoms with E-state index in [1.165, 1.54) is 0 Å². The first kappa shape index (κ1) is 18.2. The van der Waals surface area contributed by atoms with Gasteiger partial charge in [-0.1, -0.05) is 23.7 Å². The van der Waals surface area contributed by atoms with E-state index in [0.717, 1.165) is 24.0 Å². The number of carbonyl (C=O) groups excluding carboxylic acids is 1. The minimum absolute atomic E-state index is 0.0908. The average Bonchev–Trinajstić information content (AvgIpc) is 2.53. The Kier molecular flexibility index (Phi) is 5.74. The molecular weight excluding hydrogens is 363 g/mol. The number of hydrogen-bond acceptors (Lipinski definition) is 3. The molecule has 1 amide bonds. The summed E-state index contributed by atoms with van der Waals surface area (Å²) in [4.78, 5) is 15.5. The Morgan fingerprint density at radius 2 is 1.88 bits per heavy atom. The van der Waals surface area contributed by atoms with Crippen LogP contribution in [0.15, 0.2) is 42.7 Å². The molecular formula is C15H11ClF3N3OS. The number of rotatable bonds is 3. The molecule has 9 heteroatoms. The number of alkyl halides is 3. The van der Waals surface area contributed by atoms with Crippen LogP contribution in [0, 0.1) is 0 Å². The number of pyridine rings is 1. The highest BCUT2D eigenvalue weighted by Crippen LogP contribution is 2.31. The van der Waals surface area contributed by atoms with Crippen LogP contribution in [-0.2, 0) is 12.7 Å². The molecule has 2 N–H and O–H groups in total. The molecule has 0 spiro atoms. The van der Waals surface area contributed by atoms with Gasteiger partial charge in [0.2, 0.25) is 0 Å². The second-order valence-electron chi connectivity index (χ2n) is 4.68. The van der Waals surface area contributed by atoms with Gasteiger partial charge < -0.3 is 5.32 Å². The van der Waals surface area contributed by atoms with Gasteiger partial charge in [0.15, 0.2) is 5.11 Å². The third kappa shape index (κ3) is 4.90. The first-order valence-electron chi connectivity index (χ1n) is 6.62. The molecule has 0 saturated carbocycles. The Morgan fingerprint density at radius 3 is 2.50 bits per heavy atom. The van der Waals surface area contributed by atoms with E-state index in [1.807, 2.05) is 0 Å². The van der Waals surface area contributed by atoms with Crippen LogP contribution in [0.4, 0.5) is 13.2 Å². The highest BCUT2D eigenvalue weighted by atomic mass is 35.5. The topological polar surface area (TPSA) is 54.0 Å². The van der Waals surface area contributed by atoms with Crippen LogP contribution in [0.5, 0.6) is 0 Å². The van der Waals surface area contributed by atoms with Gasteiger partial charge in [-0.3, -0.25) is 15.1 Å². The molecule has 0 atom stereocenters. The van der Waals surface area contributed by atoms with E-state index in [4.69, 9.17) is 23.8 Å². The molecule has 1 aromatic carbocycles. The van der Waals surface area contributed by atoms with Crippen molar-refractivity contribution in [2.45, 2.75) is 12.7 Å². The predicted molar refractivity (Wildman–Crippen MR) is 87.6 cm³/mol. The number of nitrogens with zero attached hydrogens (tertiary/aromatic N) is 1. The third-order valence-corrected chi connectivity index (χ3v) is 3.46. The van der Waals surface area contributed by atoms with Gasteiger partial charge in [0, 0.05) is 24.0 Å². The highest BCUT2D eigenvalue weighted by Gasteiger charge is 2.35. The molecule has 2 aromatic rings. The van der Waals surface area contributed by atoms with Crippen LogP contribution in [-0.4, -0.2) is 16.0 Å². The normalized spacial score (nSPS) is 11.0. The summed E-state index contributed by atoms with van der Waals surface area (Å²) in [5, 5.41) is 5.42. The van der Waals surface area contributed by atoms with E-state index >= 15 is 0 Å². The van der Waals surface area contributed by atoms with E-state index in [-0.39, 0.29) is 11.7 Å². The first-order chi connectivity index (χ1) is 11.3. The smallest absolute Gasteiger partial charge is 0.358 e. The molecule has 0 bridgehead atoms. The van der Waals surface area contributed by atoms with Crippen molar-refractivity contribution in [3.05, 3.63) is 64.4 Å². The van der Waals surface area contributed by atoms with E-state index < -0.39 is 23.2 Å². The van der Waals surface area contributed by atoms with Crippen LogP contribution in [0.3, 0.4) is 0 Å². The average molecular weight is 374 g/mol. The Bertz CT molecular complexity index is 750. The molecule has 0 unspecified atom stereocenters. The van der Waals surface area contributed by atoms with Gasteiger partial charge >= 0.3 is 6.18 Å². The van der Waals surface area contributed by atoms with Crippen LogP contribution in [0.1, 0.15) is 21.5 Å². The summed E-state index contributed by atoms with van der Waals surface area (Å²) in [6, 6.07) is 7.61. The molecule has 0 aliphatic carbocycles. The Morgan fingerprint density at radius 1 is 1.21 bits per heavy atom. The zero-order chi connectivity index (χ0) is 17.7. The quantitative estimate of drug-likeness (QED) is 0.808. The molecule has 2 rings (SSSR count). The molecule has 0 aliphatic rings. The fourth-order valence-electron chi connectivity index (χ4n) is 1.82. The monoisotopic (exact) mass is 373 g/mol. The van der Waals surface area contributed by atoms with E-state index in [2.05, 4.69) is 15.6 Å². The number of thiocarbonyl (C=S) groups is 1. The summed E-state index contributed by atoms with van der Waals surface area (Å²) in [6.45, 7) is 0.287. The Labute approximate surface area is 146 Å². The maximum atomic E-state index is 12.9. The van der Waals surface area contributed by atoms with Crippen LogP contribution in [0.2, 0.25) is 5.02 Å². The van der Waals surface area contributed by atoms with Gasteiger partial charge in [-0.15, -0.1) is 0 Å². The summed E-state index contributed by atoms with van der Waals surface area (Å²) in [5.74, 6) is -0.982. The summed E-state index contributed by atoms with van der Waals surface area (Å²) >= 11 is 10.7. The van der Waals surface area contributed by atoms with Crippen molar-refractivity contribution in [3.63, 3.8) is 0 Å². The molecule has 0 radical (unpaired) electrons. The largest absolute Gasteiger partial charge is 0.417 e. The predicted octanol–water partition coefficient (Wildman–Crippen LogP) is 3.56. The van der Waals surface area contributed by atoms with Gasteiger partial charge in [0.25, 0.3) is 5.91 Å². The minimum atomic E-state index is -4.66. The number of hydrogen-bond donors (Lipinski definition) is 2. The van der Waals surface area contributed by atoms with Crippen LogP contribution < -0.4 is 10.6 Å². The number of amides is 1. The number of nitrogens with one attached hydrogen (secondary N) is 2. The second-order valence-corrected chi connectivity index (χ2v) is 5.53. The van der Waals surface area contributed by atoms with Crippen molar-refractivity contribution in [3.8, 4) is 0 Å². The molecule has 0 saturated heterocycles. The van der Waals surface area contributed by atoms with E-state index in [1.54, 1.807) is 24.3 Å². The molecule has 1 aromatic heterocycles. The molecule has 0 aliphatic heterocycles. The van der Waals surface area contributed by atoms with Gasteiger partial charge in [-0.25, -0.2) is 0 Å². The van der Waals surface area contributed by atoms with Gasteiger partial charge in [0.1, 0.15) is 0 Å². The van der Waals surface area contributed by atoms with Crippen molar-refractivity contribution in [1.82, 2.24) is 15.6 Å². The molecule has 126 valence electrons. The molecule has 4 nitrogen and oxygen atoms in total. The maximum absolute atomic E-state index is 12.9. The lowest BCUT2D eigenvalue weighted by molar-refractivity contribution is -0.138. The lowest BCUT2D eigenvalue weighted by atomic mass is 10.1. The molecule has 24 heavy (non-hydrogen) atoms. The number of carbonyl (C=O) groups is 1. The fourth-order valence-corrected chi connectivity index (χ4v) is 2.11. The van der Waals surface area contributed by atoms with Crippen molar-refractivity contribution in [1.29, 1.82) is 0 Å². The van der Waals surface area contributed by atoms with Crippen LogP contribution in [0.25, 0.3) is 0 Å². The maximum Gasteiger partial charge on any atom is 0.417 e. The number of halogens is 4. The zero-order valence-electron chi connectivity index (χ0n) is 12.0. The fraction of sp³-hybridized carbons (Fsp3) is 0.133. The highest BCUT2D eigenvalue weighted by molar-refractivity contribution is 7.80. The van der Waals surface area contributed by atoms with Crippen molar-refractivity contribution < 1.29 is 18.0 Å². The summed E-state index contributed by atoms with van der Waals surface area (Å²) in [7, 11) is 0. The standard InChI is InChI=1S/C15H11ClF3N3OS/c16-10-3-1-9(2-4-10)7-21-14(24)22-13(23)11-8-20-6-5-12(11)15(17,18)19/h1-6,8H,7H2,(H2,21,22,23,24). The lowest BCUT2D eigenvalue weighted by Crippen LogP contribution is -2.39. The van der Waals surface area contributed by atoms with Crippen molar-refractivity contribution in [2.75, 3.05) is 0 Å². The summed E-state index contributed by atoms with van der Waals surface area (Å²) in [5.41, 5.74) is -0.829. The molecule has 1 heterocycles. The lowest BCUT2D eigenvalue weighted by Gasteiger charge is -2.13. The second kappa shape index (κ2) is 7.59. The van der Waals surface area contributed by atoms with E-state index in [9.17, 15) is 18.0 Å². The van der Waals surface area contributed by atoms with Gasteiger partial charge in [-0.05, 0) is 36.0 Å². The Balaban J connectivity index is 1.99.